The highest BCUT2D eigenvalue weighted by Gasteiger charge is 2.04. The minimum atomic E-state index is 0.213. The summed E-state index contributed by atoms with van der Waals surface area (Å²) in [5.41, 5.74) is 3.42. The molecule has 0 bridgehead atoms. The van der Waals surface area contributed by atoms with E-state index < -0.39 is 0 Å². The Labute approximate surface area is 100 Å². The van der Waals surface area contributed by atoms with Crippen LogP contribution in [0.15, 0.2) is 30.5 Å². The monoisotopic (exact) mass is 229 g/mol. The molecule has 0 fully saturated rings. The van der Waals surface area contributed by atoms with Gasteiger partial charge in [0, 0.05) is 11.9 Å². The number of hydrogen-bond donors (Lipinski definition) is 2. The molecule has 0 spiro atoms. The number of aryl methyl sites for hydroxylation is 2. The van der Waals surface area contributed by atoms with E-state index >= 15 is 0 Å². The fourth-order valence-corrected chi connectivity index (χ4v) is 1.58. The zero-order valence-corrected chi connectivity index (χ0v) is 9.94. The van der Waals surface area contributed by atoms with Gasteiger partial charge in [0.15, 0.2) is 0 Å². The van der Waals surface area contributed by atoms with Crippen molar-refractivity contribution in [3.05, 3.63) is 47.5 Å². The van der Waals surface area contributed by atoms with Crippen molar-refractivity contribution in [2.75, 3.05) is 5.32 Å². The first kappa shape index (κ1) is 11.4. The molecular weight excluding hydrogens is 214 g/mol. The minimum Gasteiger partial charge on any atom is -0.506 e. The summed E-state index contributed by atoms with van der Waals surface area (Å²) in [6, 6.07) is 7.28. The standard InChI is InChI=1S/C13H15N3O/c1-9-5-6-13(17)12(16-9)8-15-11-4-3-7-14-10(11)2/h3-7,15,17H,8H2,1-2H3. The van der Waals surface area contributed by atoms with Gasteiger partial charge in [-0.05, 0) is 38.1 Å². The van der Waals surface area contributed by atoms with Gasteiger partial charge in [-0.1, -0.05) is 0 Å². The fourth-order valence-electron chi connectivity index (χ4n) is 1.58. The molecule has 2 rings (SSSR count). The normalized spacial score (nSPS) is 10.2. The van der Waals surface area contributed by atoms with E-state index in [4.69, 9.17) is 0 Å². The first-order valence-electron chi connectivity index (χ1n) is 5.48. The average Bonchev–Trinajstić information content (AvgIpc) is 2.32. The Morgan fingerprint density at radius 1 is 1.24 bits per heavy atom. The Balaban J connectivity index is 2.12. The molecule has 17 heavy (non-hydrogen) atoms. The van der Waals surface area contributed by atoms with E-state index in [-0.39, 0.29) is 5.75 Å². The SMILES string of the molecule is Cc1ccc(O)c(CNc2cccnc2C)n1. The molecule has 4 heteroatoms. The molecule has 0 aliphatic heterocycles. The quantitative estimate of drug-likeness (QED) is 0.848. The van der Waals surface area contributed by atoms with Crippen molar-refractivity contribution in [1.29, 1.82) is 0 Å². The summed E-state index contributed by atoms with van der Waals surface area (Å²) >= 11 is 0. The molecule has 2 aromatic heterocycles. The maximum Gasteiger partial charge on any atom is 0.138 e. The summed E-state index contributed by atoms with van der Waals surface area (Å²) in [6.07, 6.45) is 1.75. The van der Waals surface area contributed by atoms with E-state index in [0.717, 1.165) is 17.1 Å². The van der Waals surface area contributed by atoms with Gasteiger partial charge in [-0.15, -0.1) is 0 Å². The van der Waals surface area contributed by atoms with Crippen LogP contribution < -0.4 is 5.32 Å². The van der Waals surface area contributed by atoms with E-state index in [0.29, 0.717) is 12.2 Å². The predicted molar refractivity (Wildman–Crippen MR) is 66.9 cm³/mol. The van der Waals surface area contributed by atoms with Crippen LogP contribution in [0.5, 0.6) is 5.75 Å². The minimum absolute atomic E-state index is 0.213. The number of pyridine rings is 2. The third kappa shape index (κ3) is 2.72. The van der Waals surface area contributed by atoms with Gasteiger partial charge in [-0.25, -0.2) is 0 Å². The third-order valence-corrected chi connectivity index (χ3v) is 2.54. The summed E-state index contributed by atoms with van der Waals surface area (Å²) in [5, 5.41) is 12.9. The van der Waals surface area contributed by atoms with Gasteiger partial charge in [-0.3, -0.25) is 9.97 Å². The van der Waals surface area contributed by atoms with Crippen LogP contribution in [0.25, 0.3) is 0 Å². The molecule has 2 aromatic rings. The fraction of sp³-hybridized carbons (Fsp3) is 0.231. The molecule has 2 N–H and O–H groups in total. The number of hydrogen-bond acceptors (Lipinski definition) is 4. The Morgan fingerprint density at radius 3 is 2.82 bits per heavy atom. The number of anilines is 1. The number of aromatic hydroxyl groups is 1. The van der Waals surface area contributed by atoms with Crippen LogP contribution in [0.2, 0.25) is 0 Å². The molecule has 4 nitrogen and oxygen atoms in total. The van der Waals surface area contributed by atoms with E-state index in [1.807, 2.05) is 26.0 Å². The van der Waals surface area contributed by atoms with Gasteiger partial charge >= 0.3 is 0 Å². The van der Waals surface area contributed by atoms with Crippen molar-refractivity contribution in [1.82, 2.24) is 9.97 Å². The van der Waals surface area contributed by atoms with Crippen LogP contribution in [0.4, 0.5) is 5.69 Å². The van der Waals surface area contributed by atoms with Crippen molar-refractivity contribution in [3.63, 3.8) is 0 Å². The number of rotatable bonds is 3. The van der Waals surface area contributed by atoms with Gasteiger partial charge in [0.25, 0.3) is 0 Å². The number of aromatic nitrogens is 2. The molecule has 0 aromatic carbocycles. The topological polar surface area (TPSA) is 58.0 Å². The first-order valence-corrected chi connectivity index (χ1v) is 5.48. The smallest absolute Gasteiger partial charge is 0.138 e. The third-order valence-electron chi connectivity index (χ3n) is 2.54. The maximum atomic E-state index is 9.66. The van der Waals surface area contributed by atoms with Crippen molar-refractivity contribution < 1.29 is 5.11 Å². The number of nitrogens with one attached hydrogen (secondary N) is 1. The van der Waals surface area contributed by atoms with Crippen LogP contribution in [0, 0.1) is 13.8 Å². The maximum absolute atomic E-state index is 9.66. The zero-order chi connectivity index (χ0) is 12.3. The van der Waals surface area contributed by atoms with Gasteiger partial charge < -0.3 is 10.4 Å². The Bertz CT molecular complexity index is 526. The summed E-state index contributed by atoms with van der Waals surface area (Å²) < 4.78 is 0. The van der Waals surface area contributed by atoms with E-state index in [2.05, 4.69) is 15.3 Å². The summed E-state index contributed by atoms with van der Waals surface area (Å²) in [4.78, 5) is 8.47. The van der Waals surface area contributed by atoms with Crippen molar-refractivity contribution >= 4 is 5.69 Å². The van der Waals surface area contributed by atoms with E-state index in [1.54, 1.807) is 18.3 Å². The second-order valence-corrected chi connectivity index (χ2v) is 3.91. The lowest BCUT2D eigenvalue weighted by molar-refractivity contribution is 0.464. The van der Waals surface area contributed by atoms with Gasteiger partial charge in [0.05, 0.1) is 17.9 Å². The molecule has 0 amide bonds. The first-order chi connectivity index (χ1) is 8.16. The molecule has 0 aliphatic carbocycles. The Kier molecular flexibility index (Phi) is 3.23. The molecule has 0 saturated carbocycles. The van der Waals surface area contributed by atoms with Crippen molar-refractivity contribution in [2.45, 2.75) is 20.4 Å². The second kappa shape index (κ2) is 4.82. The zero-order valence-electron chi connectivity index (χ0n) is 9.94. The summed E-state index contributed by atoms with van der Waals surface area (Å²) in [7, 11) is 0. The highest BCUT2D eigenvalue weighted by molar-refractivity contribution is 5.47. The second-order valence-electron chi connectivity index (χ2n) is 3.91. The summed E-state index contributed by atoms with van der Waals surface area (Å²) in [5.74, 6) is 0.213. The molecule has 0 aliphatic rings. The molecule has 0 saturated heterocycles. The molecule has 88 valence electrons. The van der Waals surface area contributed by atoms with Crippen LogP contribution in [0.3, 0.4) is 0 Å². The van der Waals surface area contributed by atoms with E-state index in [9.17, 15) is 5.11 Å². The van der Waals surface area contributed by atoms with Crippen LogP contribution in [-0.4, -0.2) is 15.1 Å². The Hall–Kier alpha value is -2.10. The largest absolute Gasteiger partial charge is 0.506 e. The lowest BCUT2D eigenvalue weighted by Gasteiger charge is -2.09. The van der Waals surface area contributed by atoms with Crippen LogP contribution in [0.1, 0.15) is 17.1 Å². The molecular formula is C13H15N3O. The average molecular weight is 229 g/mol. The summed E-state index contributed by atoms with van der Waals surface area (Å²) in [6.45, 7) is 4.32. The van der Waals surface area contributed by atoms with Crippen LogP contribution >= 0.6 is 0 Å². The van der Waals surface area contributed by atoms with Gasteiger partial charge in [-0.2, -0.15) is 0 Å². The predicted octanol–water partition coefficient (Wildman–Crippen LogP) is 2.41. The lowest BCUT2D eigenvalue weighted by Crippen LogP contribution is -2.04. The number of nitrogens with zero attached hydrogens (tertiary/aromatic N) is 2. The van der Waals surface area contributed by atoms with Gasteiger partial charge in [0.2, 0.25) is 0 Å². The van der Waals surface area contributed by atoms with Crippen LogP contribution in [-0.2, 0) is 6.54 Å². The molecule has 0 unspecified atom stereocenters. The molecule has 2 heterocycles. The molecule has 0 atom stereocenters. The Morgan fingerprint density at radius 2 is 2.06 bits per heavy atom. The lowest BCUT2D eigenvalue weighted by atomic mass is 10.2. The van der Waals surface area contributed by atoms with E-state index in [1.165, 1.54) is 0 Å². The highest BCUT2D eigenvalue weighted by Crippen LogP contribution is 2.17. The van der Waals surface area contributed by atoms with Gasteiger partial charge in [0.1, 0.15) is 11.4 Å². The van der Waals surface area contributed by atoms with Crippen molar-refractivity contribution in [3.8, 4) is 5.75 Å². The highest BCUT2D eigenvalue weighted by atomic mass is 16.3. The molecule has 0 radical (unpaired) electrons. The van der Waals surface area contributed by atoms with Crippen molar-refractivity contribution in [2.24, 2.45) is 0 Å².